The molecular weight excluding hydrogens is 410 g/mol. The third-order valence-electron chi connectivity index (χ3n) is 5.24. The molecule has 2 aromatic carbocycles. The normalized spacial score (nSPS) is 14.5. The second kappa shape index (κ2) is 10.6. The van der Waals surface area contributed by atoms with Gasteiger partial charge in [0.25, 0.3) is 0 Å². The monoisotopic (exact) mass is 437 g/mol. The number of benzene rings is 2. The highest BCUT2D eigenvalue weighted by Crippen LogP contribution is 2.24. The van der Waals surface area contributed by atoms with Gasteiger partial charge < -0.3 is 14.6 Å². The van der Waals surface area contributed by atoms with Gasteiger partial charge >= 0.3 is 0 Å². The average molecular weight is 438 g/mol. The molecule has 1 fully saturated rings. The fourth-order valence-electron chi connectivity index (χ4n) is 3.49. The zero-order valence-electron chi connectivity index (χ0n) is 17.7. The Kier molecular flexibility index (Phi) is 7.35. The number of aromatic nitrogens is 3. The number of rotatable bonds is 8. The van der Waals surface area contributed by atoms with E-state index in [0.717, 1.165) is 67.2 Å². The average Bonchev–Trinajstić information content (AvgIpc) is 3.22. The summed E-state index contributed by atoms with van der Waals surface area (Å²) in [6.07, 6.45) is 0. The Morgan fingerprint density at radius 1 is 1.03 bits per heavy atom. The molecule has 7 nitrogen and oxygen atoms in total. The predicted molar refractivity (Wildman–Crippen MR) is 123 cm³/mol. The number of para-hydroxylation sites is 1. The number of hydrogen-bond acceptors (Lipinski definition) is 6. The second-order valence-electron chi connectivity index (χ2n) is 7.43. The van der Waals surface area contributed by atoms with Gasteiger partial charge in [-0.1, -0.05) is 60.3 Å². The minimum absolute atomic E-state index is 0.0525. The molecule has 0 saturated carbocycles. The predicted octanol–water partition coefficient (Wildman–Crippen LogP) is 3.32. The Morgan fingerprint density at radius 2 is 1.77 bits per heavy atom. The van der Waals surface area contributed by atoms with Crippen LogP contribution in [0.25, 0.3) is 11.4 Å². The van der Waals surface area contributed by atoms with Crippen molar-refractivity contribution in [1.82, 2.24) is 19.7 Å². The number of ether oxygens (including phenoxy) is 1. The van der Waals surface area contributed by atoms with Crippen molar-refractivity contribution in [2.75, 3.05) is 43.9 Å². The number of carbonyl (C=O) groups excluding carboxylic acids is 1. The van der Waals surface area contributed by atoms with Gasteiger partial charge in [-0.3, -0.25) is 9.69 Å². The summed E-state index contributed by atoms with van der Waals surface area (Å²) >= 11 is 1.42. The van der Waals surface area contributed by atoms with Gasteiger partial charge in [-0.25, -0.2) is 0 Å². The minimum atomic E-state index is -0.0525. The first-order chi connectivity index (χ1) is 15.2. The first-order valence-corrected chi connectivity index (χ1v) is 11.5. The Labute approximate surface area is 186 Å². The summed E-state index contributed by atoms with van der Waals surface area (Å²) in [5.74, 6) is 1.05. The lowest BCUT2D eigenvalue weighted by Crippen LogP contribution is -2.38. The van der Waals surface area contributed by atoms with E-state index in [1.807, 2.05) is 61.5 Å². The van der Waals surface area contributed by atoms with Crippen LogP contribution in [0, 0.1) is 6.92 Å². The van der Waals surface area contributed by atoms with Crippen LogP contribution >= 0.6 is 11.8 Å². The van der Waals surface area contributed by atoms with Crippen LogP contribution in [0.15, 0.2) is 59.8 Å². The molecule has 1 aliphatic rings. The molecule has 3 aromatic rings. The van der Waals surface area contributed by atoms with E-state index >= 15 is 0 Å². The highest BCUT2D eigenvalue weighted by Gasteiger charge is 2.18. The van der Waals surface area contributed by atoms with Gasteiger partial charge in [-0.15, -0.1) is 10.2 Å². The van der Waals surface area contributed by atoms with Crippen LogP contribution in [-0.4, -0.2) is 64.2 Å². The van der Waals surface area contributed by atoms with Crippen molar-refractivity contribution in [2.45, 2.75) is 18.6 Å². The summed E-state index contributed by atoms with van der Waals surface area (Å²) < 4.78 is 7.58. The van der Waals surface area contributed by atoms with Gasteiger partial charge in [-0.2, -0.15) is 0 Å². The van der Waals surface area contributed by atoms with Gasteiger partial charge in [0.2, 0.25) is 5.91 Å². The van der Waals surface area contributed by atoms with Crippen LogP contribution in [-0.2, 0) is 16.1 Å². The van der Waals surface area contributed by atoms with Crippen molar-refractivity contribution >= 4 is 23.4 Å². The third kappa shape index (κ3) is 5.72. The summed E-state index contributed by atoms with van der Waals surface area (Å²) in [5, 5.41) is 12.6. The molecule has 0 radical (unpaired) electrons. The van der Waals surface area contributed by atoms with Crippen LogP contribution in [0.4, 0.5) is 5.69 Å². The van der Waals surface area contributed by atoms with Crippen molar-refractivity contribution in [1.29, 1.82) is 0 Å². The van der Waals surface area contributed by atoms with Crippen LogP contribution in [0.2, 0.25) is 0 Å². The lowest BCUT2D eigenvalue weighted by molar-refractivity contribution is -0.113. The highest BCUT2D eigenvalue weighted by molar-refractivity contribution is 7.99. The molecule has 1 N–H and O–H groups in total. The molecule has 31 heavy (non-hydrogen) atoms. The van der Waals surface area contributed by atoms with Gasteiger partial charge in [0, 0.05) is 37.4 Å². The molecule has 1 amide bonds. The van der Waals surface area contributed by atoms with Crippen molar-refractivity contribution in [3.05, 3.63) is 60.2 Å². The lowest BCUT2D eigenvalue weighted by Gasteiger charge is -2.27. The van der Waals surface area contributed by atoms with E-state index in [-0.39, 0.29) is 11.7 Å². The van der Waals surface area contributed by atoms with Crippen molar-refractivity contribution in [2.24, 2.45) is 0 Å². The lowest BCUT2D eigenvalue weighted by atomic mass is 10.2. The molecule has 0 aliphatic carbocycles. The molecule has 0 atom stereocenters. The van der Waals surface area contributed by atoms with E-state index in [9.17, 15) is 4.79 Å². The summed E-state index contributed by atoms with van der Waals surface area (Å²) in [5.41, 5.74) is 2.90. The number of morpholine rings is 1. The first-order valence-electron chi connectivity index (χ1n) is 10.5. The maximum absolute atomic E-state index is 12.5. The zero-order valence-corrected chi connectivity index (χ0v) is 18.5. The number of amides is 1. The summed E-state index contributed by atoms with van der Waals surface area (Å²) in [4.78, 5) is 14.9. The van der Waals surface area contributed by atoms with Gasteiger partial charge in [0.15, 0.2) is 11.0 Å². The highest BCUT2D eigenvalue weighted by atomic mass is 32.2. The fraction of sp³-hybridized carbons (Fsp3) is 0.348. The van der Waals surface area contributed by atoms with Crippen molar-refractivity contribution in [3.63, 3.8) is 0 Å². The number of carbonyl (C=O) groups is 1. The molecule has 4 rings (SSSR count). The van der Waals surface area contributed by atoms with Crippen molar-refractivity contribution < 1.29 is 9.53 Å². The largest absolute Gasteiger partial charge is 0.379 e. The maximum atomic E-state index is 12.5. The molecule has 2 heterocycles. The van der Waals surface area contributed by atoms with E-state index in [1.165, 1.54) is 11.8 Å². The minimum Gasteiger partial charge on any atom is -0.379 e. The SMILES string of the molecule is Cc1ccccc1NC(=O)CSc1nnc(-c2ccccc2)n1CCN1CCOCC1. The number of aryl methyl sites for hydroxylation is 1. The molecule has 1 aliphatic heterocycles. The second-order valence-corrected chi connectivity index (χ2v) is 8.37. The number of nitrogens with one attached hydrogen (secondary N) is 1. The molecule has 8 heteroatoms. The number of nitrogens with zero attached hydrogens (tertiary/aromatic N) is 4. The molecule has 162 valence electrons. The summed E-state index contributed by atoms with van der Waals surface area (Å²) in [6.45, 7) is 7.05. The van der Waals surface area contributed by atoms with Crippen LogP contribution in [0.5, 0.6) is 0 Å². The summed E-state index contributed by atoms with van der Waals surface area (Å²) in [7, 11) is 0. The first kappa shape index (κ1) is 21.5. The fourth-order valence-corrected chi connectivity index (χ4v) is 4.26. The Morgan fingerprint density at radius 3 is 2.55 bits per heavy atom. The Balaban J connectivity index is 1.46. The molecule has 0 unspecified atom stereocenters. The molecule has 0 spiro atoms. The molecular formula is C23H27N5O2S. The van der Waals surface area contributed by atoms with E-state index in [0.29, 0.717) is 0 Å². The van der Waals surface area contributed by atoms with Crippen LogP contribution < -0.4 is 5.32 Å². The zero-order chi connectivity index (χ0) is 21.5. The number of hydrogen-bond donors (Lipinski definition) is 1. The Hall–Kier alpha value is -2.68. The van der Waals surface area contributed by atoms with Crippen LogP contribution in [0.1, 0.15) is 5.56 Å². The van der Waals surface area contributed by atoms with E-state index in [4.69, 9.17) is 4.74 Å². The van der Waals surface area contributed by atoms with Gasteiger partial charge in [0.05, 0.1) is 19.0 Å². The molecule has 1 aromatic heterocycles. The number of anilines is 1. The standard InChI is InChI=1S/C23H27N5O2S/c1-18-7-5-6-10-20(18)24-21(29)17-31-23-26-25-22(19-8-3-2-4-9-19)28(23)12-11-27-13-15-30-16-14-27/h2-10H,11-17H2,1H3,(H,24,29). The van der Waals surface area contributed by atoms with E-state index < -0.39 is 0 Å². The number of thioether (sulfide) groups is 1. The molecule has 1 saturated heterocycles. The Bertz CT molecular complexity index is 1000. The maximum Gasteiger partial charge on any atom is 0.234 e. The van der Waals surface area contributed by atoms with E-state index in [1.54, 1.807) is 0 Å². The topological polar surface area (TPSA) is 72.3 Å². The van der Waals surface area contributed by atoms with Gasteiger partial charge in [0.1, 0.15) is 0 Å². The quantitative estimate of drug-likeness (QED) is 0.545. The summed E-state index contributed by atoms with van der Waals surface area (Å²) in [6, 6.07) is 17.8. The van der Waals surface area contributed by atoms with Crippen molar-refractivity contribution in [3.8, 4) is 11.4 Å². The van der Waals surface area contributed by atoms with Gasteiger partial charge in [-0.05, 0) is 18.6 Å². The molecule has 0 bridgehead atoms. The van der Waals surface area contributed by atoms with E-state index in [2.05, 4.69) is 25.0 Å². The van der Waals surface area contributed by atoms with Crippen LogP contribution in [0.3, 0.4) is 0 Å². The smallest absolute Gasteiger partial charge is 0.234 e. The third-order valence-corrected chi connectivity index (χ3v) is 6.21.